The molecule has 7 unspecified atom stereocenters. The van der Waals surface area contributed by atoms with Crippen LogP contribution in [0.4, 0.5) is 0 Å². The average Bonchev–Trinajstić information content (AvgIpc) is 3.75. The lowest BCUT2D eigenvalue weighted by atomic mass is 9.48. The Labute approximate surface area is 319 Å². The van der Waals surface area contributed by atoms with Crippen LogP contribution < -0.4 is 0 Å². The first-order chi connectivity index (χ1) is 25.9. The van der Waals surface area contributed by atoms with Crippen LogP contribution in [0, 0.1) is 81.8 Å². The minimum absolute atomic E-state index is 0.0840. The van der Waals surface area contributed by atoms with E-state index in [2.05, 4.69) is 55.2 Å². The fraction of sp³-hybridized carbons (Fsp3) is 0.776. The average molecular weight is 716 g/mol. The maximum absolute atomic E-state index is 11.9. The van der Waals surface area contributed by atoms with Gasteiger partial charge >= 0.3 is 0 Å². The Hall–Kier alpha value is -1.91. The summed E-state index contributed by atoms with van der Waals surface area (Å²) in [6, 6.07) is 0. The van der Waals surface area contributed by atoms with Crippen LogP contribution in [0.5, 0.6) is 0 Å². The summed E-state index contributed by atoms with van der Waals surface area (Å²) < 4.78 is 13.1. The van der Waals surface area contributed by atoms with E-state index in [1.54, 1.807) is 11.3 Å². The van der Waals surface area contributed by atoms with E-state index >= 15 is 0 Å². The van der Waals surface area contributed by atoms with Gasteiger partial charge in [0, 0.05) is 36.0 Å². The van der Waals surface area contributed by atoms with Crippen LogP contribution in [0.1, 0.15) is 117 Å². The summed E-state index contributed by atoms with van der Waals surface area (Å²) in [6.45, 7) is 9.34. The third kappa shape index (κ3) is 4.30. The number of carbonyl (C=O) groups excluding carboxylic acids is 1. The van der Waals surface area contributed by atoms with E-state index in [1.807, 2.05) is 6.08 Å². The number of rotatable bonds is 2. The summed E-state index contributed by atoms with van der Waals surface area (Å²) in [6.07, 6.45) is 37.9. The minimum atomic E-state index is 0.0840. The van der Waals surface area contributed by atoms with Crippen molar-refractivity contribution in [3.8, 4) is 0 Å². The second-order valence-corrected chi connectivity index (χ2v) is 21.0. The van der Waals surface area contributed by atoms with Crippen molar-refractivity contribution in [1.82, 2.24) is 4.90 Å². The van der Waals surface area contributed by atoms with Crippen LogP contribution in [0.3, 0.4) is 0 Å². The maximum atomic E-state index is 11.9. The van der Waals surface area contributed by atoms with Crippen LogP contribution >= 0.6 is 0 Å². The molecule has 13 aliphatic rings. The van der Waals surface area contributed by atoms with Gasteiger partial charge in [0.1, 0.15) is 0 Å². The number of carbonyl (C=O) groups is 1. The second kappa shape index (κ2) is 11.6. The molecule has 8 fully saturated rings. The number of fused-ring (bicyclic) bond motifs is 18. The van der Waals surface area contributed by atoms with Gasteiger partial charge in [-0.05, 0) is 185 Å². The largest absolute Gasteiger partial charge is 0.375 e. The highest BCUT2D eigenvalue weighted by Crippen LogP contribution is 2.79. The van der Waals surface area contributed by atoms with E-state index in [-0.39, 0.29) is 11.2 Å². The summed E-state index contributed by atoms with van der Waals surface area (Å²) in [5.41, 5.74) is 5.87. The molecule has 7 saturated carbocycles. The molecule has 3 aliphatic heterocycles. The van der Waals surface area contributed by atoms with Gasteiger partial charge in [0.05, 0.1) is 24.4 Å². The van der Waals surface area contributed by atoms with Crippen LogP contribution in [0.2, 0.25) is 0 Å². The highest BCUT2D eigenvalue weighted by Gasteiger charge is 2.78. The summed E-state index contributed by atoms with van der Waals surface area (Å²) in [7, 11) is 0. The molecule has 4 heteroatoms. The van der Waals surface area contributed by atoms with Crippen LogP contribution in [0.15, 0.2) is 59.4 Å². The quantitative estimate of drug-likeness (QED) is 0.267. The molecule has 1 saturated heterocycles. The van der Waals surface area contributed by atoms with Crippen molar-refractivity contribution in [3.05, 3.63) is 59.4 Å². The van der Waals surface area contributed by atoms with Crippen molar-refractivity contribution in [1.29, 1.82) is 0 Å². The molecule has 0 aromatic carbocycles. The molecule has 0 radical (unpaired) electrons. The van der Waals surface area contributed by atoms with Crippen molar-refractivity contribution in [2.75, 3.05) is 26.3 Å². The Bertz CT molecular complexity index is 1730. The summed E-state index contributed by atoms with van der Waals surface area (Å²) in [5, 5.41) is 0. The van der Waals surface area contributed by atoms with Gasteiger partial charge in [-0.2, -0.15) is 0 Å². The Morgan fingerprint density at radius 2 is 1.45 bits per heavy atom. The molecular formula is C49H65NO3. The van der Waals surface area contributed by atoms with E-state index in [9.17, 15) is 4.79 Å². The zero-order valence-corrected chi connectivity index (χ0v) is 32.8. The van der Waals surface area contributed by atoms with Crippen molar-refractivity contribution >= 4 is 5.78 Å². The molecule has 16 atom stereocenters. The van der Waals surface area contributed by atoms with Gasteiger partial charge in [0.15, 0.2) is 5.78 Å². The minimum Gasteiger partial charge on any atom is -0.375 e. The predicted octanol–water partition coefficient (Wildman–Crippen LogP) is 10.0. The van der Waals surface area contributed by atoms with Gasteiger partial charge in [0.25, 0.3) is 0 Å². The normalized spacial score (nSPS) is 54.3. The van der Waals surface area contributed by atoms with Gasteiger partial charge in [0.2, 0.25) is 0 Å². The summed E-state index contributed by atoms with van der Waals surface area (Å²) >= 11 is 0. The molecule has 0 N–H and O–H groups in total. The fourth-order valence-corrected chi connectivity index (χ4v) is 17.9. The smallest absolute Gasteiger partial charge is 0.155 e. The molecule has 4 nitrogen and oxygen atoms in total. The second-order valence-electron chi connectivity index (χ2n) is 21.0. The van der Waals surface area contributed by atoms with Gasteiger partial charge in [-0.15, -0.1) is 0 Å². The SMILES string of the molecule is CC[C@]12CCC3C(CCC4=CC(=O)CC[C@@H]43)C1[C@@H]1C[C@@H]1[C@@]21C=CCO1.C[C@]12CCC3C4CCC(N5CCCC5)=CC4=CCC3C1[C@@H]1C[C@@H]1[C@@]21C=CCO1. The van der Waals surface area contributed by atoms with Gasteiger partial charge in [-0.25, -0.2) is 0 Å². The van der Waals surface area contributed by atoms with E-state index in [0.717, 1.165) is 97.1 Å². The Morgan fingerprint density at radius 1 is 0.736 bits per heavy atom. The predicted molar refractivity (Wildman–Crippen MR) is 208 cm³/mol. The van der Waals surface area contributed by atoms with E-state index < -0.39 is 0 Å². The lowest BCUT2D eigenvalue weighted by molar-refractivity contribution is -0.143. The molecule has 0 amide bonds. The number of allylic oxidation sites excluding steroid dienone is 5. The molecule has 3 heterocycles. The zero-order valence-electron chi connectivity index (χ0n) is 32.8. The van der Waals surface area contributed by atoms with Crippen LogP contribution in [0.25, 0.3) is 0 Å². The molecule has 2 spiro atoms. The highest BCUT2D eigenvalue weighted by atomic mass is 16.5. The molecule has 0 bridgehead atoms. The number of nitrogens with zero attached hydrogens (tertiary/aromatic N) is 1. The number of hydrogen-bond donors (Lipinski definition) is 0. The van der Waals surface area contributed by atoms with E-state index in [0.29, 0.717) is 16.6 Å². The number of ether oxygens (including phenoxy) is 2. The van der Waals surface area contributed by atoms with Crippen molar-refractivity contribution in [2.45, 2.75) is 128 Å². The molecule has 0 aromatic rings. The molecule has 284 valence electrons. The van der Waals surface area contributed by atoms with E-state index in [4.69, 9.17) is 9.47 Å². The first-order valence-electron chi connectivity index (χ1n) is 22.9. The van der Waals surface area contributed by atoms with Crippen LogP contribution in [-0.4, -0.2) is 48.2 Å². The standard InChI is InChI=1S/C26H35NO.C23H30O2/c1-25-11-9-20-19-8-6-18(27-12-2-3-13-27)15-17(19)5-7-21(20)24(25)22-16-23(22)26(25)10-4-14-28-26;1-2-22-10-8-17-16-7-5-15(24)12-14(16)4-6-18(17)21(22)19-13-20(19)23(22)9-3-11-25-23/h4-5,10,15,19-24H,2-3,6-9,11-14,16H2,1H3;3,9,12,16-21H,2,4-8,10-11,13H2,1H3/t19?,20?,21?,22-,23+,24?,25+,26+;16-,17?,18?,19+,20-,21?,22-,23-/m10/s1. The first kappa shape index (κ1) is 33.3. The monoisotopic (exact) mass is 715 g/mol. The zero-order chi connectivity index (χ0) is 35.3. The molecule has 10 aliphatic carbocycles. The third-order valence-corrected chi connectivity index (χ3v) is 19.8. The number of ketones is 1. The topological polar surface area (TPSA) is 38.8 Å². The molecular weight excluding hydrogens is 651 g/mol. The Balaban J connectivity index is 0.000000120. The Kier molecular flexibility index (Phi) is 7.27. The van der Waals surface area contributed by atoms with Crippen molar-refractivity contribution < 1.29 is 14.3 Å². The third-order valence-electron chi connectivity index (χ3n) is 19.8. The molecule has 53 heavy (non-hydrogen) atoms. The lowest BCUT2D eigenvalue weighted by Crippen LogP contribution is -2.56. The number of likely N-dealkylation sites (tertiary alicyclic amines) is 1. The van der Waals surface area contributed by atoms with E-state index in [1.165, 1.54) is 109 Å². The van der Waals surface area contributed by atoms with Crippen LogP contribution in [-0.2, 0) is 14.3 Å². The first-order valence-corrected chi connectivity index (χ1v) is 22.9. The van der Waals surface area contributed by atoms with Gasteiger partial charge in [-0.1, -0.05) is 49.8 Å². The lowest BCUT2D eigenvalue weighted by Gasteiger charge is -2.58. The number of hydrogen-bond acceptors (Lipinski definition) is 4. The molecule has 0 aromatic heterocycles. The van der Waals surface area contributed by atoms with Crippen molar-refractivity contribution in [2.24, 2.45) is 81.8 Å². The molecule has 13 rings (SSSR count). The Morgan fingerprint density at radius 3 is 2.23 bits per heavy atom. The fourth-order valence-electron chi connectivity index (χ4n) is 17.9. The maximum Gasteiger partial charge on any atom is 0.155 e. The van der Waals surface area contributed by atoms with Crippen molar-refractivity contribution in [3.63, 3.8) is 0 Å². The summed E-state index contributed by atoms with van der Waals surface area (Å²) in [4.78, 5) is 14.6. The van der Waals surface area contributed by atoms with Gasteiger partial charge < -0.3 is 14.4 Å². The van der Waals surface area contributed by atoms with Gasteiger partial charge in [-0.3, -0.25) is 4.79 Å². The highest BCUT2D eigenvalue weighted by molar-refractivity contribution is 5.91. The summed E-state index contributed by atoms with van der Waals surface area (Å²) in [5.74, 6) is 10.8.